The third kappa shape index (κ3) is 2.68. The van der Waals surface area contributed by atoms with Crippen LogP contribution < -0.4 is 5.32 Å². The first-order valence-corrected chi connectivity index (χ1v) is 9.57. The second-order valence-corrected chi connectivity index (χ2v) is 8.39. The summed E-state index contributed by atoms with van der Waals surface area (Å²) in [6, 6.07) is 17.0. The van der Waals surface area contributed by atoms with Gasteiger partial charge in [0.15, 0.2) is 0 Å². The number of hydrogen-bond acceptors (Lipinski definition) is 1. The first-order chi connectivity index (χ1) is 12.4. The van der Waals surface area contributed by atoms with Crippen LogP contribution in [0.3, 0.4) is 0 Å². The van der Waals surface area contributed by atoms with Crippen molar-refractivity contribution in [3.05, 3.63) is 81.9 Å². The number of allylic oxidation sites excluding steroid dienone is 1. The molecule has 0 radical (unpaired) electrons. The summed E-state index contributed by atoms with van der Waals surface area (Å²) < 4.78 is 0. The van der Waals surface area contributed by atoms with Crippen molar-refractivity contribution in [2.24, 2.45) is 11.3 Å². The second kappa shape index (κ2) is 6.28. The maximum absolute atomic E-state index is 12.6. The van der Waals surface area contributed by atoms with E-state index in [9.17, 15) is 4.79 Å². The summed E-state index contributed by atoms with van der Waals surface area (Å²) in [7, 11) is 0. The van der Waals surface area contributed by atoms with Gasteiger partial charge >= 0.3 is 0 Å². The van der Waals surface area contributed by atoms with Gasteiger partial charge in [0, 0.05) is 29.3 Å². The van der Waals surface area contributed by atoms with Crippen LogP contribution in [0, 0.1) is 18.3 Å². The molecule has 2 nitrogen and oxygen atoms in total. The van der Waals surface area contributed by atoms with Crippen molar-refractivity contribution in [3.8, 4) is 0 Å². The maximum Gasteiger partial charge on any atom is 0.230 e. The van der Waals surface area contributed by atoms with Crippen LogP contribution in [0.5, 0.6) is 0 Å². The minimum Gasteiger partial charge on any atom is -0.355 e. The zero-order valence-electron chi connectivity index (χ0n) is 15.4. The molecule has 0 unspecified atom stereocenters. The molecule has 0 saturated carbocycles. The number of nitrogens with one attached hydrogen (secondary N) is 1. The lowest BCUT2D eigenvalue weighted by Crippen LogP contribution is -2.39. The second-order valence-electron chi connectivity index (χ2n) is 7.95. The molecule has 4 atom stereocenters. The summed E-state index contributed by atoms with van der Waals surface area (Å²) in [5, 5.41) is 3.86. The van der Waals surface area contributed by atoms with Crippen LogP contribution in [0.4, 0.5) is 0 Å². The van der Waals surface area contributed by atoms with Gasteiger partial charge in [0.1, 0.15) is 0 Å². The first-order valence-electron chi connectivity index (χ1n) is 9.20. The Hall–Kier alpha value is -2.06. The van der Waals surface area contributed by atoms with Crippen LogP contribution in [-0.2, 0) is 4.79 Å². The summed E-state index contributed by atoms with van der Waals surface area (Å²) in [6.07, 6.45) is 2.20. The number of halogens is 1. The fourth-order valence-electron chi connectivity index (χ4n) is 4.88. The van der Waals surface area contributed by atoms with Crippen molar-refractivity contribution >= 4 is 17.5 Å². The first kappa shape index (κ1) is 17.4. The predicted molar refractivity (Wildman–Crippen MR) is 106 cm³/mol. The molecule has 2 aliphatic rings. The third-order valence-corrected chi connectivity index (χ3v) is 6.50. The Kier molecular flexibility index (Phi) is 4.19. The van der Waals surface area contributed by atoms with Crippen LogP contribution >= 0.6 is 11.6 Å². The normalized spacial score (nSPS) is 30.5. The standard InChI is InChI=1S/C23H24ClNO/c1-14-4-6-17(7-5-14)21-19-13-25-22(26)23(19,3)12-15(2)20(21)16-8-10-18(24)11-9-16/h4-12,19-21H,13H2,1-3H3,(H,25,26)/t19-,20-,21+,23+/m0/s1. The summed E-state index contributed by atoms with van der Waals surface area (Å²) in [5.74, 6) is 0.891. The molecule has 1 N–H and O–H groups in total. The van der Waals surface area contributed by atoms with Gasteiger partial charge in [-0.25, -0.2) is 0 Å². The topological polar surface area (TPSA) is 29.1 Å². The monoisotopic (exact) mass is 365 g/mol. The molecule has 1 amide bonds. The zero-order chi connectivity index (χ0) is 18.5. The average Bonchev–Trinajstić information content (AvgIpc) is 2.90. The van der Waals surface area contributed by atoms with Gasteiger partial charge in [0.25, 0.3) is 0 Å². The number of amides is 1. The summed E-state index contributed by atoms with van der Waals surface area (Å²) in [4.78, 5) is 12.6. The number of aryl methyl sites for hydroxylation is 1. The van der Waals surface area contributed by atoms with Crippen LogP contribution in [0.1, 0.15) is 42.4 Å². The van der Waals surface area contributed by atoms with E-state index in [1.807, 2.05) is 12.1 Å². The van der Waals surface area contributed by atoms with Crippen molar-refractivity contribution in [1.29, 1.82) is 0 Å². The van der Waals surface area contributed by atoms with Crippen molar-refractivity contribution in [1.82, 2.24) is 5.32 Å². The van der Waals surface area contributed by atoms with Gasteiger partial charge in [0.05, 0.1) is 5.41 Å². The number of fused-ring (bicyclic) bond motifs is 1. The molecule has 2 aromatic rings. The Bertz CT molecular complexity index is 868. The van der Waals surface area contributed by atoms with Crippen molar-refractivity contribution in [2.75, 3.05) is 6.54 Å². The summed E-state index contributed by atoms with van der Waals surface area (Å²) >= 11 is 6.12. The smallest absolute Gasteiger partial charge is 0.230 e. The van der Waals surface area contributed by atoms with Crippen LogP contribution in [0.15, 0.2) is 60.2 Å². The van der Waals surface area contributed by atoms with Crippen molar-refractivity contribution in [2.45, 2.75) is 32.6 Å². The number of carbonyl (C=O) groups excluding carboxylic acids is 1. The molecule has 1 aliphatic heterocycles. The van der Waals surface area contributed by atoms with Crippen LogP contribution in [0.2, 0.25) is 5.02 Å². The molecule has 3 heteroatoms. The molecule has 0 spiro atoms. The highest BCUT2D eigenvalue weighted by atomic mass is 35.5. The quantitative estimate of drug-likeness (QED) is 0.725. The molecule has 1 saturated heterocycles. The van der Waals surface area contributed by atoms with Crippen LogP contribution in [-0.4, -0.2) is 12.5 Å². The highest BCUT2D eigenvalue weighted by molar-refractivity contribution is 6.30. The van der Waals surface area contributed by atoms with Gasteiger partial charge < -0.3 is 5.32 Å². The van der Waals surface area contributed by atoms with E-state index >= 15 is 0 Å². The molecule has 4 rings (SSSR count). The van der Waals surface area contributed by atoms with Gasteiger partial charge in [-0.05, 0) is 44.0 Å². The van der Waals surface area contributed by atoms with E-state index in [0.29, 0.717) is 0 Å². The third-order valence-electron chi connectivity index (χ3n) is 6.24. The largest absolute Gasteiger partial charge is 0.355 e. The minimum atomic E-state index is -0.442. The van der Waals surface area contributed by atoms with Crippen LogP contribution in [0.25, 0.3) is 0 Å². The predicted octanol–water partition coefficient (Wildman–Crippen LogP) is 5.23. The van der Waals surface area contributed by atoms with Gasteiger partial charge in [-0.3, -0.25) is 4.79 Å². The number of carbonyl (C=O) groups is 1. The SMILES string of the molecule is CC1=C[C@@]2(C)C(=O)NC[C@H]2[C@@H](c2ccc(C)cc2)[C@@H]1c1ccc(Cl)cc1. The number of rotatable bonds is 2. The highest BCUT2D eigenvalue weighted by Crippen LogP contribution is 2.55. The number of hydrogen-bond donors (Lipinski definition) is 1. The van der Waals surface area contributed by atoms with Crippen molar-refractivity contribution < 1.29 is 4.79 Å². The highest BCUT2D eigenvalue weighted by Gasteiger charge is 2.53. The van der Waals surface area contributed by atoms with E-state index in [1.165, 1.54) is 22.3 Å². The lowest BCUT2D eigenvalue weighted by Gasteiger charge is -2.43. The molecule has 1 aliphatic carbocycles. The van der Waals surface area contributed by atoms with E-state index in [0.717, 1.165) is 11.6 Å². The van der Waals surface area contributed by atoms with Crippen molar-refractivity contribution in [3.63, 3.8) is 0 Å². The van der Waals surface area contributed by atoms with E-state index in [2.05, 4.69) is 68.6 Å². The zero-order valence-corrected chi connectivity index (χ0v) is 16.2. The molecule has 2 aromatic carbocycles. The van der Waals surface area contributed by atoms with E-state index < -0.39 is 5.41 Å². The molecule has 134 valence electrons. The van der Waals surface area contributed by atoms with E-state index in [-0.39, 0.29) is 23.7 Å². The van der Waals surface area contributed by atoms with Gasteiger partial charge in [-0.1, -0.05) is 65.2 Å². The van der Waals surface area contributed by atoms with E-state index in [1.54, 1.807) is 0 Å². The lowest BCUT2D eigenvalue weighted by atomic mass is 9.58. The Labute approximate surface area is 160 Å². The molecule has 1 heterocycles. The Morgan fingerprint density at radius 3 is 2.27 bits per heavy atom. The minimum absolute atomic E-state index is 0.147. The van der Waals surface area contributed by atoms with Gasteiger partial charge in [-0.2, -0.15) is 0 Å². The molecular formula is C23H24ClNO. The fraction of sp³-hybridized carbons (Fsp3) is 0.348. The maximum atomic E-state index is 12.6. The summed E-state index contributed by atoms with van der Waals surface area (Å²) in [6.45, 7) is 7.08. The lowest BCUT2D eigenvalue weighted by molar-refractivity contribution is -0.126. The molecule has 1 fully saturated rings. The summed E-state index contributed by atoms with van der Waals surface area (Å²) in [5.41, 5.74) is 4.63. The Morgan fingerprint density at radius 2 is 1.62 bits per heavy atom. The molecule has 26 heavy (non-hydrogen) atoms. The number of benzene rings is 2. The molecule has 0 aromatic heterocycles. The van der Waals surface area contributed by atoms with Gasteiger partial charge in [0.2, 0.25) is 5.91 Å². The molecule has 0 bridgehead atoms. The fourth-order valence-corrected chi connectivity index (χ4v) is 5.00. The van der Waals surface area contributed by atoms with E-state index in [4.69, 9.17) is 11.6 Å². The molecular weight excluding hydrogens is 342 g/mol. The van der Waals surface area contributed by atoms with Gasteiger partial charge in [-0.15, -0.1) is 0 Å². The Balaban J connectivity index is 1.89. The average molecular weight is 366 g/mol. The Morgan fingerprint density at radius 1 is 1.00 bits per heavy atom.